The van der Waals surface area contributed by atoms with Gasteiger partial charge in [0, 0.05) is 30.9 Å². The number of hydrogen-bond donors (Lipinski definition) is 1. The Labute approximate surface area is 173 Å². The Balaban J connectivity index is 1.44. The van der Waals surface area contributed by atoms with Crippen molar-refractivity contribution in [2.24, 2.45) is 11.7 Å². The Morgan fingerprint density at radius 3 is 2.55 bits per heavy atom. The minimum atomic E-state index is -0.0580. The van der Waals surface area contributed by atoms with Crippen molar-refractivity contribution in [2.45, 2.75) is 25.9 Å². The molecule has 1 amide bonds. The summed E-state index contributed by atoms with van der Waals surface area (Å²) in [7, 11) is 0. The number of amides is 1. The number of carbonyl (C=O) groups is 1. The fourth-order valence-electron chi connectivity index (χ4n) is 4.38. The number of ether oxygens (including phenoxy) is 1. The van der Waals surface area contributed by atoms with E-state index in [1.165, 1.54) is 5.69 Å². The number of benzene rings is 2. The van der Waals surface area contributed by atoms with Crippen molar-refractivity contribution in [1.82, 2.24) is 4.90 Å². The molecule has 2 aromatic carbocycles. The third-order valence-electron chi connectivity index (χ3n) is 6.28. The number of rotatable bonds is 4. The highest BCUT2D eigenvalue weighted by molar-refractivity contribution is 5.96. The second-order valence-corrected chi connectivity index (χ2v) is 8.19. The van der Waals surface area contributed by atoms with E-state index in [-0.39, 0.29) is 12.0 Å². The summed E-state index contributed by atoms with van der Waals surface area (Å²) >= 11 is 0. The number of piperidine rings is 1. The average Bonchev–Trinajstić information content (AvgIpc) is 2.79. The SMILES string of the molecule is Cc1cc(N2CCC(CN)CC2)ccc1C(=O)N1CCOC(c2ccccc2)C1. The Hall–Kier alpha value is -2.37. The second-order valence-electron chi connectivity index (χ2n) is 8.19. The van der Waals surface area contributed by atoms with Gasteiger partial charge in [-0.05, 0) is 61.6 Å². The zero-order chi connectivity index (χ0) is 20.2. The highest BCUT2D eigenvalue weighted by atomic mass is 16.5. The molecule has 0 radical (unpaired) electrons. The van der Waals surface area contributed by atoms with E-state index < -0.39 is 0 Å². The molecule has 2 N–H and O–H groups in total. The van der Waals surface area contributed by atoms with Gasteiger partial charge in [0.2, 0.25) is 0 Å². The molecule has 1 unspecified atom stereocenters. The van der Waals surface area contributed by atoms with E-state index >= 15 is 0 Å². The van der Waals surface area contributed by atoms with Crippen LogP contribution in [0.1, 0.15) is 40.4 Å². The van der Waals surface area contributed by atoms with Gasteiger partial charge in [0.15, 0.2) is 0 Å². The summed E-state index contributed by atoms with van der Waals surface area (Å²) in [5.41, 5.74) is 9.97. The minimum Gasteiger partial charge on any atom is -0.372 e. The van der Waals surface area contributed by atoms with Crippen molar-refractivity contribution in [3.63, 3.8) is 0 Å². The van der Waals surface area contributed by atoms with Crippen LogP contribution in [0.2, 0.25) is 0 Å². The molecule has 5 heteroatoms. The number of carbonyl (C=O) groups excluding carboxylic acids is 1. The fourth-order valence-corrected chi connectivity index (χ4v) is 4.38. The smallest absolute Gasteiger partial charge is 0.254 e. The number of hydrogen-bond acceptors (Lipinski definition) is 4. The molecule has 2 aromatic rings. The van der Waals surface area contributed by atoms with Crippen molar-refractivity contribution in [2.75, 3.05) is 44.2 Å². The lowest BCUT2D eigenvalue weighted by Crippen LogP contribution is -2.42. The number of morpholine rings is 1. The zero-order valence-corrected chi connectivity index (χ0v) is 17.2. The Bertz CT molecular complexity index is 831. The molecule has 0 bridgehead atoms. The largest absolute Gasteiger partial charge is 0.372 e. The van der Waals surface area contributed by atoms with Crippen LogP contribution in [0.5, 0.6) is 0 Å². The zero-order valence-electron chi connectivity index (χ0n) is 17.2. The predicted molar refractivity (Wildman–Crippen MR) is 116 cm³/mol. The molecule has 2 heterocycles. The molecule has 2 aliphatic heterocycles. The number of aryl methyl sites for hydroxylation is 1. The van der Waals surface area contributed by atoms with Crippen LogP contribution in [-0.4, -0.2) is 50.1 Å². The maximum Gasteiger partial charge on any atom is 0.254 e. The van der Waals surface area contributed by atoms with Crippen LogP contribution in [0.25, 0.3) is 0 Å². The van der Waals surface area contributed by atoms with Crippen LogP contribution in [-0.2, 0) is 4.74 Å². The molecule has 2 fully saturated rings. The second kappa shape index (κ2) is 8.97. The molecular formula is C24H31N3O2. The van der Waals surface area contributed by atoms with Gasteiger partial charge in [0.1, 0.15) is 6.10 Å². The summed E-state index contributed by atoms with van der Waals surface area (Å²) < 4.78 is 5.92. The van der Waals surface area contributed by atoms with E-state index in [1.54, 1.807) is 0 Å². The van der Waals surface area contributed by atoms with Gasteiger partial charge in [-0.15, -0.1) is 0 Å². The summed E-state index contributed by atoms with van der Waals surface area (Å²) in [6, 6.07) is 16.4. The first-order valence-corrected chi connectivity index (χ1v) is 10.7. The quantitative estimate of drug-likeness (QED) is 0.865. The lowest BCUT2D eigenvalue weighted by molar-refractivity contribution is -0.0228. The molecule has 4 rings (SSSR count). The van der Waals surface area contributed by atoms with Crippen molar-refractivity contribution >= 4 is 11.6 Å². The molecular weight excluding hydrogens is 362 g/mol. The van der Waals surface area contributed by atoms with Gasteiger partial charge in [-0.2, -0.15) is 0 Å². The van der Waals surface area contributed by atoms with Crippen LogP contribution >= 0.6 is 0 Å². The van der Waals surface area contributed by atoms with E-state index in [2.05, 4.69) is 29.2 Å². The molecule has 0 aliphatic carbocycles. The Morgan fingerprint density at radius 2 is 1.86 bits per heavy atom. The molecule has 0 saturated carbocycles. The van der Waals surface area contributed by atoms with Gasteiger partial charge in [-0.1, -0.05) is 30.3 Å². The maximum absolute atomic E-state index is 13.2. The first-order chi connectivity index (χ1) is 14.2. The Morgan fingerprint density at radius 1 is 1.10 bits per heavy atom. The van der Waals surface area contributed by atoms with Crippen molar-refractivity contribution < 1.29 is 9.53 Å². The highest BCUT2D eigenvalue weighted by Gasteiger charge is 2.27. The van der Waals surface area contributed by atoms with Gasteiger partial charge in [-0.3, -0.25) is 4.79 Å². The van der Waals surface area contributed by atoms with Crippen LogP contribution in [0.15, 0.2) is 48.5 Å². The topological polar surface area (TPSA) is 58.8 Å². The van der Waals surface area contributed by atoms with Crippen molar-refractivity contribution in [1.29, 1.82) is 0 Å². The monoisotopic (exact) mass is 393 g/mol. The van der Waals surface area contributed by atoms with E-state index in [0.717, 1.165) is 49.2 Å². The first kappa shape index (κ1) is 19.9. The lowest BCUT2D eigenvalue weighted by atomic mass is 9.96. The summed E-state index contributed by atoms with van der Waals surface area (Å²) in [5.74, 6) is 0.743. The fraction of sp³-hybridized carbons (Fsp3) is 0.458. The number of anilines is 1. The summed E-state index contributed by atoms with van der Waals surface area (Å²) in [5, 5.41) is 0. The van der Waals surface area contributed by atoms with Gasteiger partial charge in [0.05, 0.1) is 13.2 Å². The van der Waals surface area contributed by atoms with Crippen LogP contribution in [0.3, 0.4) is 0 Å². The van der Waals surface area contributed by atoms with Crippen LogP contribution in [0, 0.1) is 12.8 Å². The van der Waals surface area contributed by atoms with E-state index in [1.807, 2.05) is 36.1 Å². The van der Waals surface area contributed by atoms with E-state index in [4.69, 9.17) is 10.5 Å². The lowest BCUT2D eigenvalue weighted by Gasteiger charge is -2.34. The molecule has 0 spiro atoms. The third-order valence-corrected chi connectivity index (χ3v) is 6.28. The summed E-state index contributed by atoms with van der Waals surface area (Å²) in [4.78, 5) is 17.5. The average molecular weight is 394 g/mol. The molecule has 154 valence electrons. The third kappa shape index (κ3) is 4.46. The molecule has 1 atom stereocenters. The minimum absolute atomic E-state index is 0.0580. The molecule has 5 nitrogen and oxygen atoms in total. The van der Waals surface area contributed by atoms with Crippen molar-refractivity contribution in [3.05, 3.63) is 65.2 Å². The van der Waals surface area contributed by atoms with Gasteiger partial charge < -0.3 is 20.3 Å². The summed E-state index contributed by atoms with van der Waals surface area (Å²) in [6.45, 7) is 6.70. The molecule has 29 heavy (non-hydrogen) atoms. The predicted octanol–water partition coefficient (Wildman–Crippen LogP) is 3.38. The van der Waals surface area contributed by atoms with Crippen LogP contribution < -0.4 is 10.6 Å². The van der Waals surface area contributed by atoms with E-state index in [0.29, 0.717) is 25.6 Å². The van der Waals surface area contributed by atoms with E-state index in [9.17, 15) is 4.79 Å². The van der Waals surface area contributed by atoms with Gasteiger partial charge in [0.25, 0.3) is 5.91 Å². The first-order valence-electron chi connectivity index (χ1n) is 10.7. The summed E-state index contributed by atoms with van der Waals surface area (Å²) in [6.07, 6.45) is 2.23. The maximum atomic E-state index is 13.2. The van der Waals surface area contributed by atoms with Gasteiger partial charge in [-0.25, -0.2) is 0 Å². The number of nitrogens with two attached hydrogens (primary N) is 1. The highest BCUT2D eigenvalue weighted by Crippen LogP contribution is 2.27. The molecule has 2 aliphatic rings. The standard InChI is InChI=1S/C24H31N3O2/c1-18-15-21(26-11-9-19(16-25)10-12-26)7-8-22(18)24(28)27-13-14-29-23(17-27)20-5-3-2-4-6-20/h2-8,15,19,23H,9-14,16-17,25H2,1H3. The normalized spacial score (nSPS) is 20.7. The Kier molecular flexibility index (Phi) is 6.16. The molecule has 0 aromatic heterocycles. The van der Waals surface area contributed by atoms with Crippen molar-refractivity contribution in [3.8, 4) is 0 Å². The number of nitrogens with zero attached hydrogens (tertiary/aromatic N) is 2. The molecule has 2 saturated heterocycles. The van der Waals surface area contributed by atoms with Crippen LogP contribution in [0.4, 0.5) is 5.69 Å². The van der Waals surface area contributed by atoms with Gasteiger partial charge >= 0.3 is 0 Å².